The molecule has 0 spiro atoms. The first-order valence-electron chi connectivity index (χ1n) is 4.62. The van der Waals surface area contributed by atoms with Crippen LogP contribution in [0.4, 0.5) is 0 Å². The highest BCUT2D eigenvalue weighted by Crippen LogP contribution is 2.26. The predicted molar refractivity (Wildman–Crippen MR) is 64.4 cm³/mol. The molecule has 0 aliphatic rings. The number of rotatable bonds is 3. The molecule has 82 valence electrons. The van der Waals surface area contributed by atoms with Crippen LogP contribution >= 0.6 is 15.9 Å². The SMILES string of the molecule is CN(C)C(C)(C(N)=O)c1ccc(Br)cc1. The number of hydrogen-bond acceptors (Lipinski definition) is 2. The Morgan fingerprint density at radius 3 is 2.13 bits per heavy atom. The maximum atomic E-state index is 11.5. The fourth-order valence-corrected chi connectivity index (χ4v) is 1.66. The quantitative estimate of drug-likeness (QED) is 0.909. The molecule has 1 aromatic carbocycles. The van der Waals surface area contributed by atoms with E-state index in [2.05, 4.69) is 15.9 Å². The Labute approximate surface area is 98.4 Å². The zero-order valence-electron chi connectivity index (χ0n) is 9.12. The number of nitrogens with two attached hydrogens (primary N) is 1. The molecule has 0 bridgehead atoms. The van der Waals surface area contributed by atoms with E-state index in [1.54, 1.807) is 0 Å². The fourth-order valence-electron chi connectivity index (χ4n) is 1.40. The summed E-state index contributed by atoms with van der Waals surface area (Å²) in [5.41, 5.74) is 5.58. The van der Waals surface area contributed by atoms with Crippen molar-refractivity contribution in [2.75, 3.05) is 14.1 Å². The minimum atomic E-state index is -0.763. The standard InChI is InChI=1S/C11H15BrN2O/c1-11(10(13)15,14(2)3)8-4-6-9(12)7-5-8/h4-7H,1-3H3,(H2,13,15). The van der Waals surface area contributed by atoms with Gasteiger partial charge < -0.3 is 5.73 Å². The third-order valence-electron chi connectivity index (χ3n) is 2.78. The van der Waals surface area contributed by atoms with Gasteiger partial charge in [0, 0.05) is 4.47 Å². The molecular weight excluding hydrogens is 256 g/mol. The molecule has 0 fully saturated rings. The van der Waals surface area contributed by atoms with Crippen molar-refractivity contribution in [3.05, 3.63) is 34.3 Å². The number of halogens is 1. The summed E-state index contributed by atoms with van der Waals surface area (Å²) in [6, 6.07) is 7.60. The minimum absolute atomic E-state index is 0.352. The number of likely N-dealkylation sites (N-methyl/N-ethyl adjacent to an activating group) is 1. The average Bonchev–Trinajstić information content (AvgIpc) is 2.17. The van der Waals surface area contributed by atoms with Gasteiger partial charge in [0.1, 0.15) is 5.54 Å². The van der Waals surface area contributed by atoms with Crippen LogP contribution in [0.1, 0.15) is 12.5 Å². The molecule has 1 amide bonds. The Kier molecular flexibility index (Phi) is 3.52. The van der Waals surface area contributed by atoms with Gasteiger partial charge in [-0.25, -0.2) is 0 Å². The summed E-state index contributed by atoms with van der Waals surface area (Å²) in [5, 5.41) is 0. The van der Waals surface area contributed by atoms with Crippen LogP contribution < -0.4 is 5.73 Å². The van der Waals surface area contributed by atoms with E-state index in [9.17, 15) is 4.79 Å². The number of amides is 1. The molecule has 0 aromatic heterocycles. The highest BCUT2D eigenvalue weighted by molar-refractivity contribution is 9.10. The van der Waals surface area contributed by atoms with E-state index >= 15 is 0 Å². The lowest BCUT2D eigenvalue weighted by molar-refractivity contribution is -0.128. The van der Waals surface area contributed by atoms with E-state index in [1.807, 2.05) is 50.2 Å². The van der Waals surface area contributed by atoms with Gasteiger partial charge in [0.2, 0.25) is 5.91 Å². The first-order valence-corrected chi connectivity index (χ1v) is 5.41. The highest BCUT2D eigenvalue weighted by atomic mass is 79.9. The van der Waals surface area contributed by atoms with Gasteiger partial charge in [-0.15, -0.1) is 0 Å². The van der Waals surface area contributed by atoms with Crippen molar-refractivity contribution in [2.24, 2.45) is 5.73 Å². The average molecular weight is 271 g/mol. The molecule has 15 heavy (non-hydrogen) atoms. The van der Waals surface area contributed by atoms with Crippen molar-refractivity contribution in [1.82, 2.24) is 4.90 Å². The summed E-state index contributed by atoms with van der Waals surface area (Å²) in [5.74, 6) is -0.352. The van der Waals surface area contributed by atoms with Gasteiger partial charge in [-0.1, -0.05) is 28.1 Å². The number of benzene rings is 1. The van der Waals surface area contributed by atoms with E-state index in [1.165, 1.54) is 0 Å². The van der Waals surface area contributed by atoms with Crippen molar-refractivity contribution >= 4 is 21.8 Å². The van der Waals surface area contributed by atoms with Crippen LogP contribution in [0, 0.1) is 0 Å². The number of carbonyl (C=O) groups is 1. The van der Waals surface area contributed by atoms with Crippen molar-refractivity contribution in [3.63, 3.8) is 0 Å². The van der Waals surface area contributed by atoms with Gasteiger partial charge in [-0.05, 0) is 38.7 Å². The van der Waals surface area contributed by atoms with Gasteiger partial charge >= 0.3 is 0 Å². The second-order valence-corrected chi connectivity index (χ2v) is 4.75. The van der Waals surface area contributed by atoms with E-state index in [-0.39, 0.29) is 5.91 Å². The van der Waals surface area contributed by atoms with E-state index in [0.717, 1.165) is 10.0 Å². The Bertz CT molecular complexity index is 361. The molecular formula is C11H15BrN2O. The van der Waals surface area contributed by atoms with Crippen LogP contribution in [-0.2, 0) is 10.3 Å². The summed E-state index contributed by atoms with van der Waals surface area (Å²) >= 11 is 3.36. The van der Waals surface area contributed by atoms with Crippen molar-refractivity contribution in [3.8, 4) is 0 Å². The molecule has 0 saturated carbocycles. The summed E-state index contributed by atoms with van der Waals surface area (Å²) in [7, 11) is 3.68. The summed E-state index contributed by atoms with van der Waals surface area (Å²) in [6.45, 7) is 1.82. The zero-order chi connectivity index (χ0) is 11.6. The first-order chi connectivity index (χ1) is 6.89. The molecule has 0 heterocycles. The molecule has 2 N–H and O–H groups in total. The third kappa shape index (κ3) is 2.21. The molecule has 0 radical (unpaired) electrons. The second-order valence-electron chi connectivity index (χ2n) is 3.84. The smallest absolute Gasteiger partial charge is 0.242 e. The lowest BCUT2D eigenvalue weighted by Gasteiger charge is -2.33. The van der Waals surface area contributed by atoms with Crippen LogP contribution in [-0.4, -0.2) is 24.9 Å². The predicted octanol–water partition coefficient (Wildman–Crippen LogP) is 1.71. The Hall–Kier alpha value is -0.870. The summed E-state index contributed by atoms with van der Waals surface area (Å²) in [4.78, 5) is 13.3. The van der Waals surface area contributed by atoms with Gasteiger partial charge in [0.15, 0.2) is 0 Å². The molecule has 1 unspecified atom stereocenters. The zero-order valence-corrected chi connectivity index (χ0v) is 10.7. The van der Waals surface area contributed by atoms with Gasteiger partial charge in [-0.2, -0.15) is 0 Å². The third-order valence-corrected chi connectivity index (χ3v) is 3.31. The summed E-state index contributed by atoms with van der Waals surface area (Å²) in [6.07, 6.45) is 0. The number of nitrogens with zero attached hydrogens (tertiary/aromatic N) is 1. The highest BCUT2D eigenvalue weighted by Gasteiger charge is 2.35. The molecule has 1 atom stereocenters. The molecule has 0 aliphatic carbocycles. The molecule has 3 nitrogen and oxygen atoms in total. The maximum absolute atomic E-state index is 11.5. The van der Waals surface area contributed by atoms with Crippen molar-refractivity contribution < 1.29 is 4.79 Å². The van der Waals surface area contributed by atoms with E-state index in [0.29, 0.717) is 0 Å². The van der Waals surface area contributed by atoms with Crippen molar-refractivity contribution in [1.29, 1.82) is 0 Å². The number of hydrogen-bond donors (Lipinski definition) is 1. The molecule has 1 rings (SSSR count). The van der Waals surface area contributed by atoms with Crippen LogP contribution in [0.25, 0.3) is 0 Å². The van der Waals surface area contributed by atoms with Crippen LogP contribution in [0.5, 0.6) is 0 Å². The lowest BCUT2D eigenvalue weighted by atomic mass is 9.90. The van der Waals surface area contributed by atoms with E-state index in [4.69, 9.17) is 5.73 Å². The first kappa shape index (κ1) is 12.2. The Balaban J connectivity index is 3.22. The van der Waals surface area contributed by atoms with Gasteiger partial charge in [0.05, 0.1) is 0 Å². The van der Waals surface area contributed by atoms with Gasteiger partial charge in [-0.3, -0.25) is 9.69 Å². The number of carbonyl (C=O) groups excluding carboxylic acids is 1. The molecule has 1 aromatic rings. The monoisotopic (exact) mass is 270 g/mol. The minimum Gasteiger partial charge on any atom is -0.368 e. The molecule has 0 saturated heterocycles. The van der Waals surface area contributed by atoms with Crippen LogP contribution in [0.2, 0.25) is 0 Å². The van der Waals surface area contributed by atoms with Gasteiger partial charge in [0.25, 0.3) is 0 Å². The van der Waals surface area contributed by atoms with E-state index < -0.39 is 5.54 Å². The topological polar surface area (TPSA) is 46.3 Å². The second kappa shape index (κ2) is 4.33. The largest absolute Gasteiger partial charge is 0.368 e. The normalized spacial score (nSPS) is 15.0. The Morgan fingerprint density at radius 2 is 1.80 bits per heavy atom. The summed E-state index contributed by atoms with van der Waals surface area (Å²) < 4.78 is 0.983. The maximum Gasteiger partial charge on any atom is 0.242 e. The lowest BCUT2D eigenvalue weighted by Crippen LogP contribution is -2.49. The molecule has 0 aliphatic heterocycles. The van der Waals surface area contributed by atoms with Crippen LogP contribution in [0.15, 0.2) is 28.7 Å². The fraction of sp³-hybridized carbons (Fsp3) is 0.364. The molecule has 4 heteroatoms. The van der Waals surface area contributed by atoms with Crippen LogP contribution in [0.3, 0.4) is 0 Å². The Morgan fingerprint density at radius 1 is 1.33 bits per heavy atom. The number of primary amides is 1. The van der Waals surface area contributed by atoms with Crippen molar-refractivity contribution in [2.45, 2.75) is 12.5 Å².